The summed E-state index contributed by atoms with van der Waals surface area (Å²) >= 11 is 12.7. The largest absolute Gasteiger partial charge is 0.421 e. The summed E-state index contributed by atoms with van der Waals surface area (Å²) in [4.78, 5) is 12.2. The van der Waals surface area contributed by atoms with Gasteiger partial charge in [-0.25, -0.2) is 4.79 Å². The maximum absolute atomic E-state index is 12.2. The van der Waals surface area contributed by atoms with Crippen molar-refractivity contribution in [3.8, 4) is 5.75 Å². The molecule has 0 saturated heterocycles. The normalized spacial score (nSPS) is 11.5. The Bertz CT molecular complexity index is 689. The van der Waals surface area contributed by atoms with Crippen LogP contribution in [0.15, 0.2) is 18.2 Å². The molecule has 0 aliphatic heterocycles. The number of aromatic nitrogens is 1. The highest BCUT2D eigenvalue weighted by molar-refractivity contribution is 7.11. The predicted molar refractivity (Wildman–Crippen MR) is 87.0 cm³/mol. The van der Waals surface area contributed by atoms with E-state index in [0.717, 1.165) is 22.7 Å². The molecular weight excluding hydrogens is 329 g/mol. The lowest BCUT2D eigenvalue weighted by atomic mass is 9.85. The monoisotopic (exact) mass is 343 g/mol. The highest BCUT2D eigenvalue weighted by atomic mass is 35.5. The van der Waals surface area contributed by atoms with E-state index in [2.05, 4.69) is 25.1 Å². The number of rotatable bonds is 2. The summed E-state index contributed by atoms with van der Waals surface area (Å²) in [7, 11) is 0. The average Bonchev–Trinajstić information content (AvgIpc) is 2.71. The Kier molecular flexibility index (Phi) is 4.61. The Morgan fingerprint density at radius 3 is 2.48 bits per heavy atom. The molecule has 6 heteroatoms. The summed E-state index contributed by atoms with van der Waals surface area (Å²) < 4.78 is 9.67. The van der Waals surface area contributed by atoms with E-state index in [1.54, 1.807) is 6.07 Å². The van der Waals surface area contributed by atoms with Crippen LogP contribution in [0.5, 0.6) is 5.75 Å². The summed E-state index contributed by atoms with van der Waals surface area (Å²) in [5.74, 6) is -0.0872. The van der Waals surface area contributed by atoms with Gasteiger partial charge in [0.2, 0.25) is 0 Å². The van der Waals surface area contributed by atoms with E-state index in [1.807, 2.05) is 19.1 Å². The Hall–Kier alpha value is -1.10. The van der Waals surface area contributed by atoms with Gasteiger partial charge >= 0.3 is 5.97 Å². The number of esters is 1. The minimum atomic E-state index is -0.600. The van der Waals surface area contributed by atoms with Crippen molar-refractivity contribution in [3.05, 3.63) is 44.4 Å². The number of hydrogen-bond acceptors (Lipinski definition) is 4. The van der Waals surface area contributed by atoms with Crippen LogP contribution < -0.4 is 4.74 Å². The molecule has 0 spiro atoms. The zero-order chi connectivity index (χ0) is 15.8. The van der Waals surface area contributed by atoms with E-state index >= 15 is 0 Å². The van der Waals surface area contributed by atoms with Crippen LogP contribution in [0.1, 0.15) is 42.4 Å². The van der Waals surface area contributed by atoms with E-state index < -0.39 is 5.97 Å². The second-order valence-electron chi connectivity index (χ2n) is 5.76. The van der Waals surface area contributed by atoms with E-state index in [4.69, 9.17) is 27.9 Å². The van der Waals surface area contributed by atoms with Gasteiger partial charge in [-0.15, -0.1) is 0 Å². The molecular formula is C15H15Cl2NO2S. The Balaban J connectivity index is 2.36. The molecule has 1 heterocycles. The number of halogens is 2. The lowest BCUT2D eigenvalue weighted by Crippen LogP contribution is -2.17. The minimum absolute atomic E-state index is 0.0482. The van der Waals surface area contributed by atoms with Crippen LogP contribution >= 0.6 is 34.7 Å². The zero-order valence-corrected chi connectivity index (χ0v) is 14.5. The van der Waals surface area contributed by atoms with Crippen LogP contribution in [0.2, 0.25) is 9.36 Å². The third kappa shape index (κ3) is 3.57. The van der Waals surface area contributed by atoms with Gasteiger partial charge in [-0.3, -0.25) is 0 Å². The first-order valence-corrected chi connectivity index (χ1v) is 7.87. The maximum atomic E-state index is 12.2. The Morgan fingerprint density at radius 1 is 1.29 bits per heavy atom. The molecule has 0 amide bonds. The molecule has 3 nitrogen and oxygen atoms in total. The van der Waals surface area contributed by atoms with E-state index in [9.17, 15) is 4.79 Å². The number of nitrogens with zero attached hydrogens (tertiary/aromatic N) is 1. The molecule has 0 fully saturated rings. The number of benzene rings is 1. The standard InChI is InChI=1S/C15H15Cl2NO2S/c1-8-5-6-10(9(7-8)15(2,3)4)20-14(19)12-11(16)13(17)21-18-12/h5-7H,1-4H3. The molecule has 0 atom stereocenters. The van der Waals surface area contributed by atoms with Gasteiger partial charge in [0.05, 0.1) is 0 Å². The molecule has 0 N–H and O–H groups in total. The molecule has 112 valence electrons. The molecule has 2 aromatic rings. The van der Waals surface area contributed by atoms with Gasteiger partial charge in [0.15, 0.2) is 5.69 Å². The molecule has 1 aromatic carbocycles. The van der Waals surface area contributed by atoms with Gasteiger partial charge in [-0.2, -0.15) is 4.37 Å². The first-order chi connectivity index (χ1) is 9.70. The van der Waals surface area contributed by atoms with Gasteiger partial charge in [-0.1, -0.05) is 61.7 Å². The van der Waals surface area contributed by atoms with Crippen molar-refractivity contribution in [1.82, 2.24) is 4.37 Å². The van der Waals surface area contributed by atoms with Gasteiger partial charge in [0.1, 0.15) is 15.1 Å². The number of carbonyl (C=O) groups excluding carboxylic acids is 1. The summed E-state index contributed by atoms with van der Waals surface area (Å²) in [6, 6.07) is 5.70. The number of aryl methyl sites for hydroxylation is 1. The van der Waals surface area contributed by atoms with Crippen LogP contribution in [-0.4, -0.2) is 10.3 Å². The SMILES string of the molecule is Cc1ccc(OC(=O)c2nsc(Cl)c2Cl)c(C(C)(C)C)c1. The predicted octanol–water partition coefficient (Wildman–Crippen LogP) is 5.28. The second kappa shape index (κ2) is 5.95. The first kappa shape index (κ1) is 16.3. The summed E-state index contributed by atoms with van der Waals surface area (Å²) in [6.07, 6.45) is 0. The van der Waals surface area contributed by atoms with E-state index in [0.29, 0.717) is 5.75 Å². The first-order valence-electron chi connectivity index (χ1n) is 6.34. The maximum Gasteiger partial charge on any atom is 0.365 e. The van der Waals surface area contributed by atoms with Crippen LogP contribution in [0.4, 0.5) is 0 Å². The molecule has 21 heavy (non-hydrogen) atoms. The highest BCUT2D eigenvalue weighted by Crippen LogP contribution is 2.34. The van der Waals surface area contributed by atoms with Crippen LogP contribution in [0.3, 0.4) is 0 Å². The van der Waals surface area contributed by atoms with Crippen LogP contribution in [-0.2, 0) is 5.41 Å². The zero-order valence-electron chi connectivity index (χ0n) is 12.2. The summed E-state index contributed by atoms with van der Waals surface area (Å²) in [5, 5.41) is 0.135. The smallest absolute Gasteiger partial charge is 0.365 e. The van der Waals surface area contributed by atoms with Gasteiger partial charge in [-0.05, 0) is 29.9 Å². The molecule has 1 aromatic heterocycles. The van der Waals surface area contributed by atoms with Crippen molar-refractivity contribution in [2.45, 2.75) is 33.1 Å². The van der Waals surface area contributed by atoms with Crippen LogP contribution in [0, 0.1) is 6.92 Å². The lowest BCUT2D eigenvalue weighted by molar-refractivity contribution is 0.0727. The molecule has 2 rings (SSSR count). The van der Waals surface area contributed by atoms with Gasteiger partial charge in [0, 0.05) is 5.56 Å². The highest BCUT2D eigenvalue weighted by Gasteiger charge is 2.24. The molecule has 0 radical (unpaired) electrons. The molecule has 0 bridgehead atoms. The van der Waals surface area contributed by atoms with E-state index in [-0.39, 0.29) is 20.5 Å². The quantitative estimate of drug-likeness (QED) is 0.550. The van der Waals surface area contributed by atoms with Crippen molar-refractivity contribution < 1.29 is 9.53 Å². The number of carbonyl (C=O) groups is 1. The van der Waals surface area contributed by atoms with Crippen molar-refractivity contribution in [1.29, 1.82) is 0 Å². The Labute approximate surface area is 138 Å². The fraction of sp³-hybridized carbons (Fsp3) is 0.333. The average molecular weight is 344 g/mol. The van der Waals surface area contributed by atoms with Crippen molar-refractivity contribution >= 4 is 40.7 Å². The molecule has 0 aliphatic rings. The third-order valence-corrected chi connectivity index (χ3v) is 4.55. The fourth-order valence-corrected chi connectivity index (χ4v) is 2.83. The Morgan fingerprint density at radius 2 is 1.95 bits per heavy atom. The summed E-state index contributed by atoms with van der Waals surface area (Å²) in [5.41, 5.74) is 1.96. The lowest BCUT2D eigenvalue weighted by Gasteiger charge is -2.22. The second-order valence-corrected chi connectivity index (χ2v) is 7.51. The molecule has 0 aliphatic carbocycles. The molecule has 0 saturated carbocycles. The van der Waals surface area contributed by atoms with Crippen molar-refractivity contribution in [3.63, 3.8) is 0 Å². The van der Waals surface area contributed by atoms with Crippen LogP contribution in [0.25, 0.3) is 0 Å². The summed E-state index contributed by atoms with van der Waals surface area (Å²) in [6.45, 7) is 8.18. The van der Waals surface area contributed by atoms with Crippen molar-refractivity contribution in [2.24, 2.45) is 0 Å². The van der Waals surface area contributed by atoms with Gasteiger partial charge < -0.3 is 4.74 Å². The fourth-order valence-electron chi connectivity index (χ4n) is 1.85. The number of ether oxygens (including phenoxy) is 1. The van der Waals surface area contributed by atoms with Gasteiger partial charge in [0.25, 0.3) is 0 Å². The van der Waals surface area contributed by atoms with Crippen molar-refractivity contribution in [2.75, 3.05) is 0 Å². The minimum Gasteiger partial charge on any atom is -0.421 e. The molecule has 0 unspecified atom stereocenters. The third-order valence-electron chi connectivity index (χ3n) is 2.94. The number of hydrogen-bond donors (Lipinski definition) is 0. The van der Waals surface area contributed by atoms with E-state index in [1.165, 1.54) is 0 Å². The topological polar surface area (TPSA) is 39.2 Å².